The molecule has 1 fully saturated rings. The Bertz CT molecular complexity index is 562. The van der Waals surface area contributed by atoms with Crippen LogP contribution in [0.25, 0.3) is 0 Å². The molecule has 0 bridgehead atoms. The maximum absolute atomic E-state index is 11.5. The molecule has 0 aliphatic carbocycles. The Labute approximate surface area is 145 Å². The van der Waals surface area contributed by atoms with Gasteiger partial charge in [-0.3, -0.25) is 9.79 Å². The average molecular weight is 330 g/mol. The van der Waals surface area contributed by atoms with E-state index in [0.717, 1.165) is 44.9 Å². The molecule has 0 radical (unpaired) electrons. The predicted octanol–water partition coefficient (Wildman–Crippen LogP) is 1.96. The van der Waals surface area contributed by atoms with Gasteiger partial charge in [-0.2, -0.15) is 0 Å². The van der Waals surface area contributed by atoms with Crippen molar-refractivity contribution >= 4 is 11.9 Å². The van der Waals surface area contributed by atoms with Crippen molar-refractivity contribution in [3.63, 3.8) is 0 Å². The molecule has 1 heterocycles. The molecule has 1 aliphatic heterocycles. The number of likely N-dealkylation sites (tertiary alicyclic amines) is 1. The van der Waals surface area contributed by atoms with Crippen LogP contribution in [0.1, 0.15) is 30.4 Å². The lowest BCUT2D eigenvalue weighted by Crippen LogP contribution is -2.46. The molecule has 2 rings (SSSR count). The number of aliphatic imine (C=N–C) groups is 1. The minimum absolute atomic E-state index is 0.147. The molecule has 24 heavy (non-hydrogen) atoms. The van der Waals surface area contributed by atoms with Crippen molar-refractivity contribution in [2.75, 3.05) is 33.7 Å². The Hall–Kier alpha value is -2.04. The van der Waals surface area contributed by atoms with Crippen LogP contribution in [0.2, 0.25) is 0 Å². The van der Waals surface area contributed by atoms with Gasteiger partial charge < -0.3 is 15.5 Å². The van der Waals surface area contributed by atoms with Crippen LogP contribution in [-0.2, 0) is 11.2 Å². The highest BCUT2D eigenvalue weighted by atomic mass is 16.1. The van der Waals surface area contributed by atoms with Gasteiger partial charge >= 0.3 is 0 Å². The lowest BCUT2D eigenvalue weighted by atomic mass is 9.93. The van der Waals surface area contributed by atoms with E-state index in [1.54, 1.807) is 7.05 Å². The van der Waals surface area contributed by atoms with E-state index >= 15 is 0 Å². The summed E-state index contributed by atoms with van der Waals surface area (Å²) in [6.07, 6.45) is 3.74. The Morgan fingerprint density at radius 2 is 2.00 bits per heavy atom. The summed E-state index contributed by atoms with van der Waals surface area (Å²) in [5, 5.41) is 6.20. The number of carbonyl (C=O) groups excluding carboxylic acids is 1. The van der Waals surface area contributed by atoms with E-state index in [1.807, 2.05) is 7.05 Å². The summed E-state index contributed by atoms with van der Waals surface area (Å²) in [4.78, 5) is 18.2. The molecule has 0 saturated carbocycles. The zero-order valence-electron chi connectivity index (χ0n) is 15.1. The smallest absolute Gasteiger partial charge is 0.220 e. The topological polar surface area (TPSA) is 56.7 Å². The fourth-order valence-electron chi connectivity index (χ4n) is 3.24. The summed E-state index contributed by atoms with van der Waals surface area (Å²) in [5.41, 5.74) is 2.72. The van der Waals surface area contributed by atoms with Crippen molar-refractivity contribution in [2.45, 2.75) is 32.6 Å². The van der Waals surface area contributed by atoms with Gasteiger partial charge in [0.05, 0.1) is 0 Å². The second-order valence-corrected chi connectivity index (χ2v) is 6.46. The van der Waals surface area contributed by atoms with E-state index in [-0.39, 0.29) is 5.91 Å². The first-order valence-electron chi connectivity index (χ1n) is 8.84. The number of amides is 1. The molecule has 132 valence electrons. The molecule has 1 amide bonds. The first-order valence-corrected chi connectivity index (χ1v) is 8.84. The maximum atomic E-state index is 11.5. The Morgan fingerprint density at radius 1 is 1.29 bits per heavy atom. The Balaban J connectivity index is 1.77. The highest BCUT2D eigenvalue weighted by molar-refractivity contribution is 5.80. The van der Waals surface area contributed by atoms with Crippen LogP contribution >= 0.6 is 0 Å². The van der Waals surface area contributed by atoms with Crippen LogP contribution in [0.5, 0.6) is 0 Å². The van der Waals surface area contributed by atoms with E-state index in [0.29, 0.717) is 12.3 Å². The molecular formula is C19H30N4O. The number of guanidine groups is 1. The molecular weight excluding hydrogens is 300 g/mol. The number of nitrogens with zero attached hydrogens (tertiary/aromatic N) is 2. The summed E-state index contributed by atoms with van der Waals surface area (Å²) in [6, 6.07) is 8.51. The van der Waals surface area contributed by atoms with Gasteiger partial charge in [-0.25, -0.2) is 0 Å². The van der Waals surface area contributed by atoms with Gasteiger partial charge in [-0.05, 0) is 43.2 Å². The number of hydrogen-bond acceptors (Lipinski definition) is 2. The molecule has 0 aromatic heterocycles. The van der Waals surface area contributed by atoms with E-state index < -0.39 is 0 Å². The van der Waals surface area contributed by atoms with Crippen LogP contribution < -0.4 is 10.6 Å². The third-order valence-electron chi connectivity index (χ3n) is 4.82. The van der Waals surface area contributed by atoms with Crippen LogP contribution in [-0.4, -0.2) is 50.5 Å². The summed E-state index contributed by atoms with van der Waals surface area (Å²) in [6.45, 7) is 4.97. The van der Waals surface area contributed by atoms with E-state index in [9.17, 15) is 4.79 Å². The largest absolute Gasteiger partial charge is 0.359 e. The normalized spacial score (nSPS) is 16.1. The van der Waals surface area contributed by atoms with Crippen molar-refractivity contribution in [3.8, 4) is 0 Å². The third-order valence-corrected chi connectivity index (χ3v) is 4.82. The quantitative estimate of drug-likeness (QED) is 0.641. The van der Waals surface area contributed by atoms with E-state index in [4.69, 9.17) is 0 Å². The van der Waals surface area contributed by atoms with Gasteiger partial charge in [0, 0.05) is 40.2 Å². The molecule has 0 atom stereocenters. The number of rotatable bonds is 5. The fraction of sp³-hybridized carbons (Fsp3) is 0.579. The molecule has 1 aliphatic rings. The van der Waals surface area contributed by atoms with Crippen molar-refractivity contribution in [2.24, 2.45) is 10.9 Å². The fourth-order valence-corrected chi connectivity index (χ4v) is 3.24. The second kappa shape index (κ2) is 9.30. The van der Waals surface area contributed by atoms with Gasteiger partial charge in [0.15, 0.2) is 5.96 Å². The summed E-state index contributed by atoms with van der Waals surface area (Å²) >= 11 is 0. The lowest BCUT2D eigenvalue weighted by Gasteiger charge is -2.34. The number of benzene rings is 1. The van der Waals surface area contributed by atoms with Crippen molar-refractivity contribution in [1.82, 2.24) is 15.5 Å². The number of aryl methyl sites for hydroxylation is 1. The number of piperidine rings is 1. The standard InChI is InChI=1S/C19H30N4O/c1-15-6-4-5-7-17(15)8-11-22-19(21-3)23-12-9-16(10-13-23)14-18(24)20-2/h4-7,16H,8-14H2,1-3H3,(H,20,24)(H,21,22). The van der Waals surface area contributed by atoms with Crippen LogP contribution in [0.4, 0.5) is 0 Å². The lowest BCUT2D eigenvalue weighted by molar-refractivity contribution is -0.121. The summed E-state index contributed by atoms with van der Waals surface area (Å²) in [7, 11) is 3.55. The molecule has 0 unspecified atom stereocenters. The molecule has 0 spiro atoms. The first kappa shape index (κ1) is 18.3. The maximum Gasteiger partial charge on any atom is 0.220 e. The van der Waals surface area contributed by atoms with E-state index in [2.05, 4.69) is 51.7 Å². The van der Waals surface area contributed by atoms with Crippen molar-refractivity contribution in [3.05, 3.63) is 35.4 Å². The minimum Gasteiger partial charge on any atom is -0.359 e. The van der Waals surface area contributed by atoms with Gasteiger partial charge in [0.1, 0.15) is 0 Å². The molecule has 2 N–H and O–H groups in total. The number of carbonyl (C=O) groups is 1. The molecule has 5 heteroatoms. The highest BCUT2D eigenvalue weighted by Gasteiger charge is 2.22. The zero-order valence-corrected chi connectivity index (χ0v) is 15.1. The minimum atomic E-state index is 0.147. The van der Waals surface area contributed by atoms with E-state index in [1.165, 1.54) is 11.1 Å². The second-order valence-electron chi connectivity index (χ2n) is 6.46. The SMILES string of the molecule is CN=C(NCCc1ccccc1C)N1CCC(CC(=O)NC)CC1. The zero-order chi connectivity index (χ0) is 17.4. The Morgan fingerprint density at radius 3 is 2.62 bits per heavy atom. The van der Waals surface area contributed by atoms with Gasteiger partial charge in [0.25, 0.3) is 0 Å². The molecule has 1 aromatic rings. The summed E-state index contributed by atoms with van der Waals surface area (Å²) in [5.74, 6) is 1.61. The number of hydrogen-bond donors (Lipinski definition) is 2. The van der Waals surface area contributed by atoms with Crippen molar-refractivity contribution < 1.29 is 4.79 Å². The van der Waals surface area contributed by atoms with Crippen LogP contribution in [0.3, 0.4) is 0 Å². The van der Waals surface area contributed by atoms with Gasteiger partial charge in [0.2, 0.25) is 5.91 Å². The molecule has 1 aromatic carbocycles. The summed E-state index contributed by atoms with van der Waals surface area (Å²) < 4.78 is 0. The predicted molar refractivity (Wildman–Crippen MR) is 99.2 cm³/mol. The van der Waals surface area contributed by atoms with Gasteiger partial charge in [-0.15, -0.1) is 0 Å². The van der Waals surface area contributed by atoms with Crippen LogP contribution in [0.15, 0.2) is 29.3 Å². The molecule has 5 nitrogen and oxygen atoms in total. The first-order chi connectivity index (χ1) is 11.6. The van der Waals surface area contributed by atoms with Crippen LogP contribution in [0, 0.1) is 12.8 Å². The van der Waals surface area contributed by atoms with Crippen molar-refractivity contribution in [1.29, 1.82) is 0 Å². The van der Waals surface area contributed by atoms with Gasteiger partial charge in [-0.1, -0.05) is 24.3 Å². The third kappa shape index (κ3) is 5.25. The number of nitrogens with one attached hydrogen (secondary N) is 2. The molecule has 1 saturated heterocycles. The monoisotopic (exact) mass is 330 g/mol. The Kier molecular flexibility index (Phi) is 7.09. The highest BCUT2D eigenvalue weighted by Crippen LogP contribution is 2.20. The average Bonchev–Trinajstić information content (AvgIpc) is 2.61.